The van der Waals surface area contributed by atoms with Crippen LogP contribution in [0.5, 0.6) is 5.75 Å². The molecule has 2 saturated heterocycles. The number of hydrogen-bond donors (Lipinski definition) is 2. The van der Waals surface area contributed by atoms with E-state index in [2.05, 4.69) is 36.3 Å². The highest BCUT2D eigenvalue weighted by Gasteiger charge is 2.56. The van der Waals surface area contributed by atoms with E-state index in [9.17, 15) is 9.59 Å². The summed E-state index contributed by atoms with van der Waals surface area (Å²) in [6.07, 6.45) is 4.29. The van der Waals surface area contributed by atoms with Gasteiger partial charge >= 0.3 is 0 Å². The molecule has 12 nitrogen and oxygen atoms in total. The highest BCUT2D eigenvalue weighted by atomic mass is 19.1. The molecule has 3 saturated carbocycles. The molecule has 13 heteroatoms. The lowest BCUT2D eigenvalue weighted by molar-refractivity contribution is -0.124. The highest BCUT2D eigenvalue weighted by molar-refractivity contribution is 5.98. The summed E-state index contributed by atoms with van der Waals surface area (Å²) in [6.45, 7) is 12.9. The molecule has 2 aromatic heterocycles. The molecule has 55 heavy (non-hydrogen) atoms. The number of amides is 1. The number of halogens is 1. The predicted octanol–water partition coefficient (Wildman–Crippen LogP) is 5.34. The Labute approximate surface area is 321 Å². The molecule has 5 fully saturated rings. The minimum Gasteiger partial charge on any atom is -0.497 e. The molecule has 290 valence electrons. The summed E-state index contributed by atoms with van der Waals surface area (Å²) in [7, 11) is 1.50. The smallest absolute Gasteiger partial charge is 0.261 e. The number of aromatic nitrogens is 3. The van der Waals surface area contributed by atoms with Crippen molar-refractivity contribution < 1.29 is 18.7 Å². The quantitative estimate of drug-likeness (QED) is 0.181. The number of carbonyl (C=O) groups is 1. The van der Waals surface area contributed by atoms with Crippen molar-refractivity contribution in [1.82, 2.24) is 24.8 Å². The number of methoxy groups -OCH3 is 1. The molecule has 0 unspecified atom stereocenters. The Bertz CT molecular complexity index is 2170. The molecule has 3 aliphatic carbocycles. The zero-order valence-electron chi connectivity index (χ0n) is 32.3. The minimum atomic E-state index is -0.392. The first-order valence-corrected chi connectivity index (χ1v) is 19.5. The van der Waals surface area contributed by atoms with Gasteiger partial charge < -0.3 is 29.9 Å². The molecule has 4 heterocycles. The Morgan fingerprint density at radius 3 is 2.60 bits per heavy atom. The van der Waals surface area contributed by atoms with Crippen LogP contribution in [0.1, 0.15) is 46.1 Å². The van der Waals surface area contributed by atoms with Crippen LogP contribution in [-0.2, 0) is 22.5 Å². The van der Waals surface area contributed by atoms with Crippen molar-refractivity contribution in [2.45, 2.75) is 65.6 Å². The average molecular weight is 751 g/mol. The van der Waals surface area contributed by atoms with Crippen LogP contribution in [0.25, 0.3) is 22.3 Å². The summed E-state index contributed by atoms with van der Waals surface area (Å²) < 4.78 is 27.4. The second-order valence-corrected chi connectivity index (χ2v) is 16.3. The van der Waals surface area contributed by atoms with Crippen molar-refractivity contribution in [2.24, 2.45) is 28.2 Å². The van der Waals surface area contributed by atoms with E-state index >= 15 is 4.39 Å². The lowest BCUT2D eigenvalue weighted by atomic mass is 9.45. The highest BCUT2D eigenvalue weighted by Crippen LogP contribution is 2.61. The minimum absolute atomic E-state index is 0.0294. The third kappa shape index (κ3) is 7.26. The number of aryl methyl sites for hydroxylation is 1. The normalized spacial score (nSPS) is 25.0. The van der Waals surface area contributed by atoms with Crippen LogP contribution in [0, 0.1) is 29.0 Å². The monoisotopic (exact) mass is 750 g/mol. The van der Waals surface area contributed by atoms with Gasteiger partial charge in [0.2, 0.25) is 5.91 Å². The van der Waals surface area contributed by atoms with Crippen molar-refractivity contribution in [2.75, 3.05) is 56.7 Å². The zero-order valence-corrected chi connectivity index (χ0v) is 32.3. The number of anilines is 2. The van der Waals surface area contributed by atoms with Crippen molar-refractivity contribution in [3.8, 4) is 17.1 Å². The van der Waals surface area contributed by atoms with Gasteiger partial charge in [0.05, 0.1) is 43.8 Å². The Morgan fingerprint density at radius 2 is 1.91 bits per heavy atom. The van der Waals surface area contributed by atoms with Gasteiger partial charge in [-0.25, -0.2) is 19.4 Å². The number of fused-ring (bicyclic) bond motifs is 3. The summed E-state index contributed by atoms with van der Waals surface area (Å²) >= 11 is 0. The van der Waals surface area contributed by atoms with E-state index in [0.717, 1.165) is 31.0 Å². The molecule has 2 N–H and O–H groups in total. The molecule has 1 amide bonds. The van der Waals surface area contributed by atoms with Crippen molar-refractivity contribution in [3.63, 3.8) is 0 Å². The van der Waals surface area contributed by atoms with Crippen LogP contribution >= 0.6 is 0 Å². The fourth-order valence-corrected chi connectivity index (χ4v) is 9.18. The van der Waals surface area contributed by atoms with E-state index in [1.807, 2.05) is 36.1 Å². The molecular formula is C42H51FN8O4. The number of rotatable bonds is 8. The van der Waals surface area contributed by atoms with E-state index < -0.39 is 5.82 Å². The number of hydrogen-bond acceptors (Lipinski definition) is 8. The van der Waals surface area contributed by atoms with Crippen LogP contribution in [0.3, 0.4) is 0 Å². The average Bonchev–Trinajstić information content (AvgIpc) is 3.18. The topological polar surface area (TPSA) is 126 Å². The number of piperazine rings is 1. The van der Waals surface area contributed by atoms with Gasteiger partial charge in [0.1, 0.15) is 23.2 Å². The number of guanidine groups is 1. The number of nitrogens with one attached hydrogen (secondary N) is 2. The van der Waals surface area contributed by atoms with Gasteiger partial charge in [-0.3, -0.25) is 14.2 Å². The number of ether oxygens (including phenoxy) is 2. The zero-order chi connectivity index (χ0) is 38.4. The molecule has 9 rings (SSSR count). The molecule has 0 radical (unpaired) electrons. The second kappa shape index (κ2) is 14.9. The second-order valence-electron chi connectivity index (χ2n) is 16.3. The Morgan fingerprint density at radius 1 is 1.09 bits per heavy atom. The van der Waals surface area contributed by atoms with Crippen LogP contribution in [0.2, 0.25) is 0 Å². The number of nitrogens with zero attached hydrogens (tertiary/aromatic N) is 6. The standard InChI is InChI=1S/C42H51FN8O4/c1-25-23-50(24-38(52)45-25)41(48-35-19-29-18-33(26(35)2)42(29,3)4)46-30-8-10-32-36(20-30)47-39(28-7-11-37(44-22-28)49-14-16-55-17-15-49)51(40(32)53)13-12-27-6-9-31(54-5)21-34(27)43/h6-11,20-22,25-26,29,33,35H,12-19,23-24H2,1-5H3,(H,45,52)(H,46,48)/t25-,26-,29-,33+,35-/m0/s1. The van der Waals surface area contributed by atoms with Gasteiger partial charge in [-0.1, -0.05) is 26.8 Å². The SMILES string of the molecule is COc1ccc(CCn2c(-c3ccc(N4CCOCC4)nc3)nc3cc(NC(=N[C@H]4C[C@@H]5C[C@H]([C@@H]4C)C5(C)C)N4CC(=O)N[C@@H](C)C4)ccc3c2=O)c(F)c1. The Balaban J connectivity index is 1.15. The Kier molecular flexibility index (Phi) is 9.99. The van der Waals surface area contributed by atoms with Crippen LogP contribution < -0.4 is 25.8 Å². The van der Waals surface area contributed by atoms with Crippen molar-refractivity contribution in [1.29, 1.82) is 0 Å². The van der Waals surface area contributed by atoms with E-state index in [-0.39, 0.29) is 43.1 Å². The summed E-state index contributed by atoms with van der Waals surface area (Å²) in [4.78, 5) is 46.5. The van der Waals surface area contributed by atoms with E-state index in [1.54, 1.807) is 29.0 Å². The molecule has 5 atom stereocenters. The van der Waals surface area contributed by atoms with Gasteiger partial charge in [0.15, 0.2) is 5.96 Å². The largest absolute Gasteiger partial charge is 0.497 e. The van der Waals surface area contributed by atoms with E-state index in [0.29, 0.717) is 82.5 Å². The molecular weight excluding hydrogens is 700 g/mol. The first-order valence-electron chi connectivity index (χ1n) is 19.5. The number of aliphatic imine (C=N–C) groups is 1. The molecule has 0 spiro atoms. The first kappa shape index (κ1) is 36.9. The van der Waals surface area contributed by atoms with Crippen molar-refractivity contribution >= 4 is 34.3 Å². The maximum absolute atomic E-state index is 15.0. The molecule has 5 aliphatic rings. The molecule has 2 aliphatic heterocycles. The summed E-state index contributed by atoms with van der Waals surface area (Å²) in [5.74, 6) is 3.61. The predicted molar refractivity (Wildman–Crippen MR) is 212 cm³/mol. The van der Waals surface area contributed by atoms with Crippen molar-refractivity contribution in [3.05, 3.63) is 76.5 Å². The van der Waals surface area contributed by atoms with Crippen LogP contribution in [0.4, 0.5) is 15.9 Å². The Hall–Kier alpha value is -5.04. The lowest BCUT2D eigenvalue weighted by Gasteiger charge is -2.61. The van der Waals surface area contributed by atoms with Gasteiger partial charge in [-0.2, -0.15) is 0 Å². The number of morpholine rings is 1. The number of carbonyl (C=O) groups excluding carboxylic acids is 1. The van der Waals surface area contributed by atoms with Crippen LogP contribution in [0.15, 0.2) is 64.5 Å². The fourth-order valence-electron chi connectivity index (χ4n) is 9.18. The number of benzene rings is 2. The van der Waals surface area contributed by atoms with Crippen LogP contribution in [-0.4, -0.2) is 89.9 Å². The van der Waals surface area contributed by atoms with Gasteiger partial charge in [0, 0.05) is 55.7 Å². The summed E-state index contributed by atoms with van der Waals surface area (Å²) in [6, 6.07) is 14.3. The molecule has 2 bridgehead atoms. The first-order chi connectivity index (χ1) is 26.5. The third-order valence-electron chi connectivity index (χ3n) is 12.6. The van der Waals surface area contributed by atoms with Gasteiger partial charge in [-0.15, -0.1) is 0 Å². The molecule has 4 aromatic rings. The summed E-state index contributed by atoms with van der Waals surface area (Å²) in [5.41, 5.74) is 2.47. The lowest BCUT2D eigenvalue weighted by Crippen LogP contribution is -2.58. The maximum atomic E-state index is 15.0. The fraction of sp³-hybridized carbons (Fsp3) is 0.500. The van der Waals surface area contributed by atoms with E-state index in [4.69, 9.17) is 24.4 Å². The number of pyridine rings is 1. The molecule has 2 aromatic carbocycles. The van der Waals surface area contributed by atoms with E-state index in [1.165, 1.54) is 19.6 Å². The van der Waals surface area contributed by atoms with Gasteiger partial charge in [-0.05, 0) is 91.3 Å². The maximum Gasteiger partial charge on any atom is 0.261 e. The summed E-state index contributed by atoms with van der Waals surface area (Å²) in [5, 5.41) is 7.03. The third-order valence-corrected chi connectivity index (χ3v) is 12.6. The van der Waals surface area contributed by atoms with Gasteiger partial charge in [0.25, 0.3) is 5.56 Å².